The molecule has 0 fully saturated rings. The van der Waals surface area contributed by atoms with E-state index in [1.54, 1.807) is 0 Å². The van der Waals surface area contributed by atoms with Crippen molar-refractivity contribution < 1.29 is 22.8 Å². The topological polar surface area (TPSA) is 34.1 Å². The summed E-state index contributed by atoms with van der Waals surface area (Å²) in [5.41, 5.74) is 4.26. The van der Waals surface area contributed by atoms with Crippen molar-refractivity contribution in [1.82, 2.24) is 0 Å². The minimum absolute atomic E-state index is 0.00709. The molecule has 0 amide bonds. The number of alkyl halides is 3. The molecule has 0 saturated heterocycles. The highest BCUT2D eigenvalue weighted by Crippen LogP contribution is 2.55. The lowest BCUT2D eigenvalue weighted by molar-refractivity contribution is -0.172. The Bertz CT molecular complexity index is 822. The maximum atomic E-state index is 12.5. The number of hydrogen-bond donors (Lipinski definition) is 0. The summed E-state index contributed by atoms with van der Waals surface area (Å²) < 4.78 is 37.6. The molecule has 2 nitrogen and oxygen atoms in total. The van der Waals surface area contributed by atoms with Crippen molar-refractivity contribution in [3.05, 3.63) is 70.8 Å². The Morgan fingerprint density at radius 1 is 0.880 bits per heavy atom. The van der Waals surface area contributed by atoms with Crippen molar-refractivity contribution in [2.75, 3.05) is 0 Å². The molecule has 5 rings (SSSR count). The number of fused-ring (bicyclic) bond motifs is 1. The molecular weight excluding hydrogens is 329 g/mol. The van der Waals surface area contributed by atoms with Crippen LogP contribution in [0.1, 0.15) is 46.9 Å². The van der Waals surface area contributed by atoms with Gasteiger partial charge in [0.25, 0.3) is 0 Å². The maximum Gasteiger partial charge on any atom is 0.450 e. The average molecular weight is 344 g/mol. The van der Waals surface area contributed by atoms with E-state index in [2.05, 4.69) is 0 Å². The third kappa shape index (κ3) is 2.49. The van der Waals surface area contributed by atoms with Crippen LogP contribution in [0.3, 0.4) is 0 Å². The van der Waals surface area contributed by atoms with Gasteiger partial charge in [0, 0.05) is 17.8 Å². The van der Waals surface area contributed by atoms with Gasteiger partial charge in [-0.25, -0.2) is 0 Å². The number of carbonyl (C=O) groups is 2. The quantitative estimate of drug-likeness (QED) is 0.775. The Balaban J connectivity index is 1.74. The first-order valence-electron chi connectivity index (χ1n) is 8.18. The van der Waals surface area contributed by atoms with Crippen LogP contribution in [-0.2, 0) is 9.59 Å². The van der Waals surface area contributed by atoms with Crippen molar-refractivity contribution in [2.24, 2.45) is 5.92 Å². The van der Waals surface area contributed by atoms with Gasteiger partial charge in [0.2, 0.25) is 5.78 Å². The van der Waals surface area contributed by atoms with Crippen molar-refractivity contribution >= 4 is 11.6 Å². The standard InChI is InChI=1S/C20H15F3O2/c21-20(22,23)18(25)10-17(24)16-9-15-11-5-1-3-7-13(11)19(16)14-8-4-2-6-12(14)15/h1-8,15-16,19H,9-10H2. The van der Waals surface area contributed by atoms with E-state index >= 15 is 0 Å². The molecule has 2 aromatic carbocycles. The van der Waals surface area contributed by atoms with Gasteiger partial charge in [-0.2, -0.15) is 13.2 Å². The molecule has 5 heteroatoms. The number of benzene rings is 2. The number of halogens is 3. The SMILES string of the molecule is O=C(CC(=O)C(F)(F)F)C1CC2c3ccccc3C1c1ccccc12. The van der Waals surface area contributed by atoms with Crippen molar-refractivity contribution in [3.63, 3.8) is 0 Å². The van der Waals surface area contributed by atoms with E-state index in [9.17, 15) is 22.8 Å². The van der Waals surface area contributed by atoms with E-state index in [1.165, 1.54) is 0 Å². The molecule has 3 aliphatic rings. The van der Waals surface area contributed by atoms with Crippen LogP contribution >= 0.6 is 0 Å². The monoisotopic (exact) mass is 344 g/mol. The van der Waals surface area contributed by atoms with Gasteiger partial charge in [-0.3, -0.25) is 9.59 Å². The molecule has 0 spiro atoms. The number of ketones is 2. The van der Waals surface area contributed by atoms with Crippen LogP contribution in [-0.4, -0.2) is 17.7 Å². The molecule has 3 aliphatic carbocycles. The van der Waals surface area contributed by atoms with Crippen molar-refractivity contribution in [2.45, 2.75) is 30.9 Å². The summed E-state index contributed by atoms with van der Waals surface area (Å²) in [6, 6.07) is 15.5. The molecule has 0 aromatic heterocycles. The fraction of sp³-hybridized carbons (Fsp3) is 0.300. The van der Waals surface area contributed by atoms with Crippen LogP contribution in [0.5, 0.6) is 0 Å². The number of Topliss-reactive ketones (excluding diaryl/α,β-unsaturated/α-hetero) is 2. The zero-order valence-electron chi connectivity index (χ0n) is 13.2. The Kier molecular flexibility index (Phi) is 3.56. The van der Waals surface area contributed by atoms with E-state index in [-0.39, 0.29) is 11.8 Å². The van der Waals surface area contributed by atoms with E-state index in [0.29, 0.717) is 6.42 Å². The zero-order chi connectivity index (χ0) is 17.8. The molecule has 1 unspecified atom stereocenters. The normalized spacial score (nSPS) is 23.7. The molecule has 2 bridgehead atoms. The van der Waals surface area contributed by atoms with Crippen LogP contribution in [0.15, 0.2) is 48.5 Å². The maximum absolute atomic E-state index is 12.5. The highest BCUT2D eigenvalue weighted by Gasteiger charge is 2.47. The highest BCUT2D eigenvalue weighted by atomic mass is 19.4. The van der Waals surface area contributed by atoms with E-state index in [4.69, 9.17) is 0 Å². The van der Waals surface area contributed by atoms with Crippen molar-refractivity contribution in [3.8, 4) is 0 Å². The summed E-state index contributed by atoms with van der Waals surface area (Å²) in [6.07, 6.45) is -5.57. The van der Waals surface area contributed by atoms with E-state index in [1.807, 2.05) is 48.5 Å². The third-order valence-electron chi connectivity index (χ3n) is 5.37. The van der Waals surface area contributed by atoms with Gasteiger partial charge in [0.05, 0.1) is 6.42 Å². The Hall–Kier alpha value is -2.43. The van der Waals surface area contributed by atoms with Crippen LogP contribution < -0.4 is 0 Å². The molecule has 0 radical (unpaired) electrons. The zero-order valence-corrected chi connectivity index (χ0v) is 13.2. The summed E-state index contributed by atoms with van der Waals surface area (Å²) in [4.78, 5) is 23.8. The largest absolute Gasteiger partial charge is 0.450 e. The summed E-state index contributed by atoms with van der Waals surface area (Å²) in [5.74, 6) is -3.43. The predicted molar refractivity (Wildman–Crippen MR) is 85.4 cm³/mol. The lowest BCUT2D eigenvalue weighted by Gasteiger charge is -2.44. The molecule has 128 valence electrons. The fourth-order valence-corrected chi connectivity index (χ4v) is 4.34. The second-order valence-electron chi connectivity index (χ2n) is 6.69. The first-order chi connectivity index (χ1) is 11.9. The molecule has 0 N–H and O–H groups in total. The minimum Gasteiger partial charge on any atom is -0.299 e. The Morgan fingerprint density at radius 2 is 1.36 bits per heavy atom. The second kappa shape index (κ2) is 5.55. The molecule has 0 saturated carbocycles. The Morgan fingerprint density at radius 3 is 1.84 bits per heavy atom. The molecule has 0 heterocycles. The van der Waals surface area contributed by atoms with Crippen LogP contribution in [0, 0.1) is 5.92 Å². The Labute approximate surface area is 142 Å². The average Bonchev–Trinajstić information content (AvgIpc) is 2.61. The summed E-state index contributed by atoms with van der Waals surface area (Å²) in [7, 11) is 0. The van der Waals surface area contributed by atoms with Gasteiger partial charge in [-0.15, -0.1) is 0 Å². The van der Waals surface area contributed by atoms with Gasteiger partial charge in [-0.05, 0) is 28.7 Å². The van der Waals surface area contributed by atoms with Crippen LogP contribution in [0.4, 0.5) is 13.2 Å². The molecule has 25 heavy (non-hydrogen) atoms. The first-order valence-corrected chi connectivity index (χ1v) is 8.18. The lowest BCUT2D eigenvalue weighted by Crippen LogP contribution is -2.38. The molecule has 2 aromatic rings. The third-order valence-corrected chi connectivity index (χ3v) is 5.37. The predicted octanol–water partition coefficient (Wildman–Crippen LogP) is 4.37. The van der Waals surface area contributed by atoms with Gasteiger partial charge in [0.15, 0.2) is 0 Å². The van der Waals surface area contributed by atoms with Gasteiger partial charge >= 0.3 is 6.18 Å². The molecular formula is C20H15F3O2. The summed E-state index contributed by atoms with van der Waals surface area (Å²) >= 11 is 0. The number of carbonyl (C=O) groups excluding carboxylic acids is 2. The second-order valence-corrected chi connectivity index (χ2v) is 6.69. The smallest absolute Gasteiger partial charge is 0.299 e. The van der Waals surface area contributed by atoms with Gasteiger partial charge in [-0.1, -0.05) is 48.5 Å². The van der Waals surface area contributed by atoms with E-state index < -0.39 is 30.1 Å². The number of rotatable bonds is 3. The fourth-order valence-electron chi connectivity index (χ4n) is 4.34. The van der Waals surface area contributed by atoms with Crippen molar-refractivity contribution in [1.29, 1.82) is 0 Å². The van der Waals surface area contributed by atoms with E-state index in [0.717, 1.165) is 22.3 Å². The molecule has 0 aliphatic heterocycles. The van der Waals surface area contributed by atoms with Crippen LogP contribution in [0.2, 0.25) is 0 Å². The lowest BCUT2D eigenvalue weighted by atomic mass is 9.58. The minimum atomic E-state index is -4.96. The molecule has 1 atom stereocenters. The highest BCUT2D eigenvalue weighted by molar-refractivity contribution is 6.03. The number of hydrogen-bond acceptors (Lipinski definition) is 2. The van der Waals surface area contributed by atoms with Gasteiger partial charge in [0.1, 0.15) is 5.78 Å². The van der Waals surface area contributed by atoms with Gasteiger partial charge < -0.3 is 0 Å². The summed E-state index contributed by atoms with van der Waals surface area (Å²) in [5, 5.41) is 0. The summed E-state index contributed by atoms with van der Waals surface area (Å²) in [6.45, 7) is 0. The first kappa shape index (κ1) is 16.1. The van der Waals surface area contributed by atoms with Crippen LogP contribution in [0.25, 0.3) is 0 Å².